The number of nitrogens with one attached hydrogen (secondary N) is 1. The van der Waals surface area contributed by atoms with E-state index in [1.807, 2.05) is 24.4 Å². The Balaban J connectivity index is 1.93. The molecule has 2 aromatic heterocycles. The third-order valence-electron chi connectivity index (χ3n) is 5.09. The van der Waals surface area contributed by atoms with Crippen LogP contribution >= 0.6 is 11.3 Å². The maximum atomic E-state index is 13.1. The van der Waals surface area contributed by atoms with Gasteiger partial charge in [-0.05, 0) is 43.6 Å². The van der Waals surface area contributed by atoms with Crippen molar-refractivity contribution < 1.29 is 9.59 Å². The van der Waals surface area contributed by atoms with Gasteiger partial charge in [0.2, 0.25) is 5.43 Å². The van der Waals surface area contributed by atoms with Crippen LogP contribution in [0.4, 0.5) is 0 Å². The smallest absolute Gasteiger partial charge is 0.259 e. The molecule has 1 N–H and O–H groups in total. The molecule has 1 aliphatic rings. The van der Waals surface area contributed by atoms with E-state index < -0.39 is 11.3 Å². The summed E-state index contributed by atoms with van der Waals surface area (Å²) in [6.07, 6.45) is 6.18. The van der Waals surface area contributed by atoms with Gasteiger partial charge in [-0.25, -0.2) is 0 Å². The Morgan fingerprint density at radius 1 is 1.10 bits per heavy atom. The zero-order valence-corrected chi connectivity index (χ0v) is 18.1. The van der Waals surface area contributed by atoms with E-state index in [1.54, 1.807) is 33.2 Å². The maximum absolute atomic E-state index is 13.1. The molecule has 2 amide bonds. The van der Waals surface area contributed by atoms with E-state index in [2.05, 4.69) is 19.2 Å². The first-order valence-electron chi connectivity index (χ1n) is 10.2. The maximum Gasteiger partial charge on any atom is 0.259 e. The number of aromatic nitrogens is 1. The molecule has 0 aliphatic carbocycles. The first kappa shape index (κ1) is 21.3. The summed E-state index contributed by atoms with van der Waals surface area (Å²) >= 11 is 1.55. The Hall–Kier alpha value is -2.41. The fraction of sp³-hybridized carbons (Fsp3) is 0.500. The largest absolute Gasteiger partial charge is 0.352 e. The predicted molar refractivity (Wildman–Crippen MR) is 115 cm³/mol. The Morgan fingerprint density at radius 2 is 1.79 bits per heavy atom. The van der Waals surface area contributed by atoms with Crippen molar-refractivity contribution in [1.29, 1.82) is 0 Å². The summed E-state index contributed by atoms with van der Waals surface area (Å²) < 4.78 is 1.80. The number of likely N-dealkylation sites (tertiary alicyclic amines) is 1. The molecule has 3 rings (SSSR count). The Labute approximate surface area is 175 Å². The van der Waals surface area contributed by atoms with E-state index in [1.165, 1.54) is 0 Å². The molecule has 0 bridgehead atoms. The van der Waals surface area contributed by atoms with Crippen molar-refractivity contribution in [2.45, 2.75) is 52.6 Å². The van der Waals surface area contributed by atoms with Crippen molar-refractivity contribution in [2.75, 3.05) is 13.1 Å². The molecule has 0 spiro atoms. The Bertz CT molecular complexity index is 912. The van der Waals surface area contributed by atoms with E-state index in [0.717, 1.165) is 24.1 Å². The molecule has 6 nitrogen and oxygen atoms in total. The normalized spacial score (nSPS) is 15.4. The van der Waals surface area contributed by atoms with Gasteiger partial charge in [0.25, 0.3) is 11.8 Å². The van der Waals surface area contributed by atoms with Crippen molar-refractivity contribution in [3.63, 3.8) is 0 Å². The fourth-order valence-corrected chi connectivity index (χ4v) is 4.36. The summed E-state index contributed by atoms with van der Waals surface area (Å²) in [6.45, 7) is 7.95. The average Bonchev–Trinajstić information content (AvgIpc) is 3.24. The highest BCUT2D eigenvalue weighted by molar-refractivity contribution is 7.10. The second-order valence-electron chi connectivity index (χ2n) is 8.07. The lowest BCUT2D eigenvalue weighted by atomic mass is 10.1. The molecule has 2 aromatic rings. The van der Waals surface area contributed by atoms with E-state index in [0.29, 0.717) is 25.6 Å². The molecule has 29 heavy (non-hydrogen) atoms. The number of nitrogens with zero attached hydrogens (tertiary/aromatic N) is 2. The van der Waals surface area contributed by atoms with Crippen LogP contribution in [0.25, 0.3) is 0 Å². The topological polar surface area (TPSA) is 71.4 Å². The minimum Gasteiger partial charge on any atom is -0.352 e. The van der Waals surface area contributed by atoms with Crippen molar-refractivity contribution >= 4 is 23.2 Å². The third kappa shape index (κ3) is 5.15. The van der Waals surface area contributed by atoms with Gasteiger partial charge in [-0.3, -0.25) is 14.4 Å². The van der Waals surface area contributed by atoms with Crippen molar-refractivity contribution in [3.05, 3.63) is 56.1 Å². The number of rotatable bonds is 6. The third-order valence-corrected chi connectivity index (χ3v) is 6.15. The fourth-order valence-electron chi connectivity index (χ4n) is 3.62. The predicted octanol–water partition coefficient (Wildman–Crippen LogP) is 3.68. The SMILES string of the molecule is CC(C)Cn1cc(C(=O)NC(C)c2cccs2)c(=O)c(C(=O)N2CCCCC2)c1. The Kier molecular flexibility index (Phi) is 6.90. The lowest BCUT2D eigenvalue weighted by Crippen LogP contribution is -2.40. The van der Waals surface area contributed by atoms with Crippen LogP contribution in [-0.4, -0.2) is 34.4 Å². The molecule has 1 saturated heterocycles. The molecular weight excluding hydrogens is 386 g/mol. The molecular formula is C22H29N3O3S. The first-order chi connectivity index (χ1) is 13.9. The van der Waals surface area contributed by atoms with Gasteiger partial charge in [-0.15, -0.1) is 11.3 Å². The van der Waals surface area contributed by atoms with E-state index in [-0.39, 0.29) is 23.1 Å². The molecule has 1 fully saturated rings. The number of pyridine rings is 1. The van der Waals surface area contributed by atoms with E-state index in [9.17, 15) is 14.4 Å². The highest BCUT2D eigenvalue weighted by atomic mass is 32.1. The average molecular weight is 416 g/mol. The molecule has 1 aliphatic heterocycles. The summed E-state index contributed by atoms with van der Waals surface area (Å²) in [5.74, 6) is -0.397. The highest BCUT2D eigenvalue weighted by Gasteiger charge is 2.25. The van der Waals surface area contributed by atoms with Crippen molar-refractivity contribution in [2.24, 2.45) is 5.92 Å². The number of carbonyl (C=O) groups is 2. The lowest BCUT2D eigenvalue weighted by Gasteiger charge is -2.27. The second-order valence-corrected chi connectivity index (χ2v) is 9.05. The van der Waals surface area contributed by atoms with Gasteiger partial charge in [0, 0.05) is 36.9 Å². The molecule has 3 heterocycles. The van der Waals surface area contributed by atoms with Crippen LogP contribution in [0.15, 0.2) is 34.7 Å². The first-order valence-corrected chi connectivity index (χ1v) is 11.1. The van der Waals surface area contributed by atoms with Crippen molar-refractivity contribution in [1.82, 2.24) is 14.8 Å². The summed E-state index contributed by atoms with van der Waals surface area (Å²) in [4.78, 5) is 41.8. The van der Waals surface area contributed by atoms with Gasteiger partial charge in [0.1, 0.15) is 11.1 Å². The van der Waals surface area contributed by atoms with Crippen LogP contribution in [0.1, 0.15) is 71.7 Å². The van der Waals surface area contributed by atoms with Gasteiger partial charge < -0.3 is 14.8 Å². The van der Waals surface area contributed by atoms with Crippen LogP contribution in [0, 0.1) is 5.92 Å². The second kappa shape index (κ2) is 9.39. The highest BCUT2D eigenvalue weighted by Crippen LogP contribution is 2.19. The quantitative estimate of drug-likeness (QED) is 0.782. The number of thiophene rings is 1. The van der Waals surface area contributed by atoms with Crippen LogP contribution in [0.2, 0.25) is 0 Å². The number of hydrogen-bond acceptors (Lipinski definition) is 4. The molecule has 1 unspecified atom stereocenters. The number of piperidine rings is 1. The molecule has 0 radical (unpaired) electrons. The van der Waals surface area contributed by atoms with Gasteiger partial charge in [0.05, 0.1) is 6.04 Å². The van der Waals surface area contributed by atoms with Gasteiger partial charge in [-0.2, -0.15) is 0 Å². The summed E-state index contributed by atoms with van der Waals surface area (Å²) in [7, 11) is 0. The Morgan fingerprint density at radius 3 is 2.41 bits per heavy atom. The minimum absolute atomic E-state index is 0.0249. The van der Waals surface area contributed by atoms with Crippen LogP contribution in [0.3, 0.4) is 0 Å². The number of amides is 2. The number of hydrogen-bond donors (Lipinski definition) is 1. The van der Waals surface area contributed by atoms with E-state index >= 15 is 0 Å². The molecule has 1 atom stereocenters. The lowest BCUT2D eigenvalue weighted by molar-refractivity contribution is 0.0722. The monoisotopic (exact) mass is 415 g/mol. The summed E-state index contributed by atoms with van der Waals surface area (Å²) in [5.41, 5.74) is -0.377. The zero-order chi connectivity index (χ0) is 21.0. The van der Waals surface area contributed by atoms with Crippen LogP contribution in [0.5, 0.6) is 0 Å². The minimum atomic E-state index is -0.489. The van der Waals surface area contributed by atoms with Gasteiger partial charge in [-0.1, -0.05) is 19.9 Å². The van der Waals surface area contributed by atoms with Crippen molar-refractivity contribution in [3.8, 4) is 0 Å². The summed E-state index contributed by atoms with van der Waals surface area (Å²) in [6, 6.07) is 3.67. The van der Waals surface area contributed by atoms with Gasteiger partial charge >= 0.3 is 0 Å². The van der Waals surface area contributed by atoms with Crippen LogP contribution < -0.4 is 10.7 Å². The van der Waals surface area contributed by atoms with Crippen LogP contribution in [-0.2, 0) is 6.54 Å². The standard InChI is InChI=1S/C22H29N3O3S/c1-15(2)12-24-13-17(21(27)23-16(3)19-8-7-11-29-19)20(26)18(14-24)22(28)25-9-5-4-6-10-25/h7-8,11,13-16H,4-6,9-10,12H2,1-3H3,(H,23,27). The summed E-state index contributed by atoms with van der Waals surface area (Å²) in [5, 5.41) is 4.85. The molecule has 0 aromatic carbocycles. The molecule has 156 valence electrons. The molecule has 0 saturated carbocycles. The molecule has 7 heteroatoms. The zero-order valence-electron chi connectivity index (χ0n) is 17.3. The number of carbonyl (C=O) groups excluding carboxylic acids is 2. The van der Waals surface area contributed by atoms with Gasteiger partial charge in [0.15, 0.2) is 0 Å². The van der Waals surface area contributed by atoms with E-state index in [4.69, 9.17) is 0 Å².